The van der Waals surface area contributed by atoms with E-state index in [0.717, 1.165) is 0 Å². The highest BCUT2D eigenvalue weighted by atomic mass is 16.2. The third-order valence-electron chi connectivity index (χ3n) is 0.321. The van der Waals surface area contributed by atoms with E-state index in [4.69, 9.17) is 0 Å². The Morgan fingerprint density at radius 1 is 1.62 bits per heavy atom. The van der Waals surface area contributed by atoms with Crippen LogP contribution in [-0.4, -0.2) is 12.5 Å². The molecule has 1 heterocycles. The van der Waals surface area contributed by atoms with E-state index in [2.05, 4.69) is 19.2 Å². The second kappa shape index (κ2) is 6.47. The molecule has 1 saturated heterocycles. The Labute approximate surface area is 51.3 Å². The minimum absolute atomic E-state index is 0. The number of amides is 1. The van der Waals surface area contributed by atoms with Gasteiger partial charge >= 0.3 is 0 Å². The van der Waals surface area contributed by atoms with Gasteiger partial charge in [-0.25, -0.2) is 0 Å². The monoisotopic (exact) mass is 117 g/mol. The van der Waals surface area contributed by atoms with Gasteiger partial charge in [0.2, 0.25) is 5.91 Å². The highest BCUT2D eigenvalue weighted by Crippen LogP contribution is 1.72. The molecule has 0 saturated carbocycles. The molecule has 0 aliphatic carbocycles. The lowest BCUT2D eigenvalue weighted by Gasteiger charge is -1.48. The Balaban J connectivity index is 0. The van der Waals surface area contributed by atoms with E-state index in [1.165, 1.54) is 6.42 Å². The molecule has 0 unspecified atom stereocenters. The standard InChI is InChI=1S/C3H8.C2H3NO.CH4/c1-3-2;4-2-1-3-2;/h3H2,1-2H3;1H2,(H,3,4);1H4. The molecule has 0 aromatic rings. The zero-order valence-corrected chi connectivity index (χ0v) is 4.82. The molecule has 0 aromatic carbocycles. The average Bonchev–Trinajstić information content (AvgIpc) is 2.25. The van der Waals surface area contributed by atoms with Crippen LogP contribution >= 0.6 is 0 Å². The van der Waals surface area contributed by atoms with Crippen LogP contribution in [0, 0.1) is 0 Å². The van der Waals surface area contributed by atoms with Crippen molar-refractivity contribution in [3.63, 3.8) is 0 Å². The molecule has 1 N–H and O–H groups in total. The lowest BCUT2D eigenvalue weighted by Crippen LogP contribution is -1.66. The minimum atomic E-state index is 0. The van der Waals surface area contributed by atoms with E-state index in [1.807, 2.05) is 0 Å². The Hall–Kier alpha value is -0.530. The molecule has 1 rings (SSSR count). The summed E-state index contributed by atoms with van der Waals surface area (Å²) in [6, 6.07) is 0. The molecule has 1 aliphatic rings. The largest absolute Gasteiger partial charge is 0.346 e. The fourth-order valence-electron chi connectivity index (χ4n) is 0.0361. The second-order valence-corrected chi connectivity index (χ2v) is 1.48. The molecule has 0 atom stereocenters. The van der Waals surface area contributed by atoms with E-state index in [9.17, 15) is 4.79 Å². The molecule has 1 fully saturated rings. The summed E-state index contributed by atoms with van der Waals surface area (Å²) in [4.78, 5) is 9.44. The summed E-state index contributed by atoms with van der Waals surface area (Å²) in [5.74, 6) is 0.167. The molecular weight excluding hydrogens is 102 g/mol. The van der Waals surface area contributed by atoms with Gasteiger partial charge in [-0.1, -0.05) is 27.7 Å². The first-order valence-electron chi connectivity index (χ1n) is 2.58. The fourth-order valence-corrected chi connectivity index (χ4v) is 0.0361. The maximum atomic E-state index is 9.44. The quantitative estimate of drug-likeness (QED) is 0.475. The van der Waals surface area contributed by atoms with Gasteiger partial charge in [0, 0.05) is 0 Å². The first kappa shape index (κ1) is 10.5. The average molecular weight is 117 g/mol. The third-order valence-corrected chi connectivity index (χ3v) is 0.321. The predicted molar refractivity (Wildman–Crippen MR) is 35.7 cm³/mol. The molecule has 0 radical (unpaired) electrons. The fraction of sp³-hybridized carbons (Fsp3) is 0.833. The van der Waals surface area contributed by atoms with Gasteiger partial charge in [-0.2, -0.15) is 0 Å². The Bertz CT molecular complexity index is 55.5. The predicted octanol–water partition coefficient (Wildman–Crippen LogP) is 1.17. The van der Waals surface area contributed by atoms with Gasteiger partial charge in [-0.3, -0.25) is 4.79 Å². The Morgan fingerprint density at radius 2 is 1.75 bits per heavy atom. The van der Waals surface area contributed by atoms with Crippen molar-refractivity contribution in [3.05, 3.63) is 0 Å². The maximum absolute atomic E-state index is 9.44. The van der Waals surface area contributed by atoms with Crippen LogP contribution in [0.2, 0.25) is 0 Å². The number of hydrogen-bond acceptors (Lipinski definition) is 1. The third kappa shape index (κ3) is 17.9. The van der Waals surface area contributed by atoms with E-state index in [0.29, 0.717) is 6.54 Å². The van der Waals surface area contributed by atoms with E-state index < -0.39 is 0 Å². The number of nitrogens with one attached hydrogen (secondary N) is 1. The summed E-state index contributed by atoms with van der Waals surface area (Å²) < 4.78 is 0. The van der Waals surface area contributed by atoms with Crippen LogP contribution in [0.25, 0.3) is 0 Å². The highest BCUT2D eigenvalue weighted by Gasteiger charge is 2.10. The topological polar surface area (TPSA) is 39.0 Å². The summed E-state index contributed by atoms with van der Waals surface area (Å²) in [5.41, 5.74) is 0. The van der Waals surface area contributed by atoms with Crippen LogP contribution in [0.3, 0.4) is 0 Å². The maximum Gasteiger partial charge on any atom is 0.239 e. The molecule has 0 spiro atoms. The van der Waals surface area contributed by atoms with Gasteiger partial charge in [0.25, 0.3) is 0 Å². The summed E-state index contributed by atoms with van der Waals surface area (Å²) in [6.45, 7) is 4.85. The molecule has 8 heavy (non-hydrogen) atoms. The SMILES string of the molecule is C.CCC.O=C1CN1. The van der Waals surface area contributed by atoms with Gasteiger partial charge in [-0.15, -0.1) is 0 Å². The van der Waals surface area contributed by atoms with Crippen molar-refractivity contribution in [2.75, 3.05) is 6.54 Å². The normalized spacial score (nSPS) is 12.0. The van der Waals surface area contributed by atoms with Crippen molar-refractivity contribution in [1.29, 1.82) is 0 Å². The zero-order chi connectivity index (χ0) is 5.70. The molecular formula is C6H15NO. The molecule has 2 nitrogen and oxygen atoms in total. The molecule has 50 valence electrons. The summed E-state index contributed by atoms with van der Waals surface area (Å²) in [6.07, 6.45) is 1.25. The van der Waals surface area contributed by atoms with Crippen LogP contribution in [0.4, 0.5) is 0 Å². The van der Waals surface area contributed by atoms with Crippen molar-refractivity contribution in [3.8, 4) is 0 Å². The first-order chi connectivity index (χ1) is 3.31. The van der Waals surface area contributed by atoms with Gasteiger partial charge in [-0.05, 0) is 0 Å². The zero-order valence-electron chi connectivity index (χ0n) is 4.82. The van der Waals surface area contributed by atoms with Crippen LogP contribution in [0.1, 0.15) is 27.7 Å². The number of carbonyl (C=O) groups is 1. The van der Waals surface area contributed by atoms with Crippen molar-refractivity contribution in [2.45, 2.75) is 27.7 Å². The number of carbonyl (C=O) groups excluding carboxylic acids is 1. The van der Waals surface area contributed by atoms with Crippen molar-refractivity contribution < 1.29 is 4.79 Å². The van der Waals surface area contributed by atoms with Gasteiger partial charge < -0.3 is 5.32 Å². The van der Waals surface area contributed by atoms with E-state index in [1.54, 1.807) is 0 Å². The molecule has 1 amide bonds. The Kier molecular flexibility index (Phi) is 8.45. The molecule has 1 aliphatic heterocycles. The van der Waals surface area contributed by atoms with E-state index in [-0.39, 0.29) is 13.3 Å². The summed E-state index contributed by atoms with van der Waals surface area (Å²) in [5, 5.41) is 2.46. The van der Waals surface area contributed by atoms with Crippen molar-refractivity contribution >= 4 is 5.91 Å². The van der Waals surface area contributed by atoms with Gasteiger partial charge in [0.1, 0.15) is 0 Å². The Morgan fingerprint density at radius 3 is 1.75 bits per heavy atom. The number of hydrogen-bond donors (Lipinski definition) is 1. The van der Waals surface area contributed by atoms with Gasteiger partial charge in [0.15, 0.2) is 0 Å². The lowest BCUT2D eigenvalue weighted by atomic mass is 10.6. The first-order valence-corrected chi connectivity index (χ1v) is 2.58. The lowest BCUT2D eigenvalue weighted by molar-refractivity contribution is -0.110. The summed E-state index contributed by atoms with van der Waals surface area (Å²) in [7, 11) is 0. The minimum Gasteiger partial charge on any atom is -0.346 e. The number of rotatable bonds is 0. The van der Waals surface area contributed by atoms with Crippen LogP contribution < -0.4 is 5.32 Å². The van der Waals surface area contributed by atoms with Crippen molar-refractivity contribution in [2.24, 2.45) is 0 Å². The molecule has 0 bridgehead atoms. The highest BCUT2D eigenvalue weighted by molar-refractivity contribution is 5.91. The van der Waals surface area contributed by atoms with Crippen LogP contribution in [-0.2, 0) is 4.79 Å². The van der Waals surface area contributed by atoms with Crippen LogP contribution in [0.5, 0.6) is 0 Å². The summed E-state index contributed by atoms with van der Waals surface area (Å²) >= 11 is 0. The van der Waals surface area contributed by atoms with Gasteiger partial charge in [0.05, 0.1) is 6.54 Å². The molecule has 2 heteroatoms. The van der Waals surface area contributed by atoms with Crippen LogP contribution in [0.15, 0.2) is 0 Å². The smallest absolute Gasteiger partial charge is 0.239 e. The van der Waals surface area contributed by atoms with E-state index >= 15 is 0 Å². The van der Waals surface area contributed by atoms with Crippen molar-refractivity contribution in [1.82, 2.24) is 5.32 Å². The second-order valence-electron chi connectivity index (χ2n) is 1.48. The molecule has 0 aromatic heterocycles.